The maximum absolute atomic E-state index is 12.5. The summed E-state index contributed by atoms with van der Waals surface area (Å²) in [6, 6.07) is 32.3. The molecule has 4 heteroatoms. The van der Waals surface area contributed by atoms with E-state index in [4.69, 9.17) is 0 Å². The van der Waals surface area contributed by atoms with Crippen LogP contribution in [-0.4, -0.2) is 23.2 Å². The second-order valence-corrected chi connectivity index (χ2v) is 19.6. The molecule has 192 valence electrons. The molecule has 4 rings (SSSR count). The third-order valence-electron chi connectivity index (χ3n) is 7.66. The number of carbonyl (C=O) groups is 1. The van der Waals surface area contributed by atoms with Gasteiger partial charge in [-0.05, 0) is 0 Å². The van der Waals surface area contributed by atoms with Crippen molar-refractivity contribution in [3.8, 4) is 0 Å². The van der Waals surface area contributed by atoms with Gasteiger partial charge in [0.1, 0.15) is 0 Å². The molecule has 2 nitrogen and oxygen atoms in total. The van der Waals surface area contributed by atoms with E-state index in [-0.39, 0.29) is 11.2 Å². The van der Waals surface area contributed by atoms with E-state index >= 15 is 0 Å². The third-order valence-corrected chi connectivity index (χ3v) is 17.2. The van der Waals surface area contributed by atoms with Crippen molar-refractivity contribution in [3.63, 3.8) is 0 Å². The number of allylic oxidation sites excluding steroid dienone is 5. The van der Waals surface area contributed by atoms with Crippen LogP contribution in [0.1, 0.15) is 34.1 Å². The first-order chi connectivity index (χ1) is 17.6. The van der Waals surface area contributed by atoms with Crippen LogP contribution in [0, 0.1) is 5.41 Å². The Morgan fingerprint density at radius 2 is 1.35 bits per heavy atom. The fourth-order valence-electron chi connectivity index (χ4n) is 5.50. The molecule has 0 spiro atoms. The minimum atomic E-state index is -3.03. The number of carbonyl (C=O) groups excluding carboxylic acids is 1. The molecule has 0 unspecified atom stereocenters. The summed E-state index contributed by atoms with van der Waals surface area (Å²) in [5.74, 6) is -0.164. The van der Waals surface area contributed by atoms with E-state index in [0.29, 0.717) is 12.0 Å². The Labute approximate surface area is 229 Å². The summed E-state index contributed by atoms with van der Waals surface area (Å²) in [6.07, 6.45) is 6.84. The zero-order valence-corrected chi connectivity index (χ0v) is 24.5. The van der Waals surface area contributed by atoms with Gasteiger partial charge in [-0.2, -0.15) is 0 Å². The SMILES string of the molecule is CC(C=CC1=C(C)C(=O)[C@H](O)CC1(C)C)=CCP(Br)(c1ccccc1)(c1ccccc1)c1ccccc1. The second kappa shape index (κ2) is 10.7. The molecule has 3 aromatic rings. The zero-order valence-electron chi connectivity index (χ0n) is 22.1. The van der Waals surface area contributed by atoms with Gasteiger partial charge in [0.15, 0.2) is 0 Å². The molecule has 0 bridgehead atoms. The average Bonchev–Trinajstić information content (AvgIpc) is 2.91. The van der Waals surface area contributed by atoms with E-state index < -0.39 is 11.4 Å². The van der Waals surface area contributed by atoms with Crippen LogP contribution in [0.15, 0.2) is 126 Å². The Balaban J connectivity index is 1.83. The zero-order chi connectivity index (χ0) is 26.7. The van der Waals surface area contributed by atoms with Gasteiger partial charge in [-0.25, -0.2) is 0 Å². The van der Waals surface area contributed by atoms with Gasteiger partial charge in [0.05, 0.1) is 0 Å². The van der Waals surface area contributed by atoms with Crippen molar-refractivity contribution in [1.29, 1.82) is 0 Å². The summed E-state index contributed by atoms with van der Waals surface area (Å²) in [5, 5.41) is 11.0. The summed E-state index contributed by atoms with van der Waals surface area (Å²) in [4.78, 5) is 12.5. The predicted molar refractivity (Wildman–Crippen MR) is 164 cm³/mol. The van der Waals surface area contributed by atoms with E-state index in [1.807, 2.05) is 6.92 Å². The van der Waals surface area contributed by atoms with Crippen molar-refractivity contribution in [2.75, 3.05) is 6.16 Å². The van der Waals surface area contributed by atoms with Crippen LogP contribution >= 0.6 is 20.8 Å². The summed E-state index contributed by atoms with van der Waals surface area (Å²) in [7, 11) is 0. The van der Waals surface area contributed by atoms with Gasteiger partial charge in [-0.3, -0.25) is 0 Å². The molecule has 0 saturated carbocycles. The molecule has 0 saturated heterocycles. The van der Waals surface area contributed by atoms with E-state index in [0.717, 1.165) is 17.3 Å². The summed E-state index contributed by atoms with van der Waals surface area (Å²) in [5.41, 5.74) is 2.53. The van der Waals surface area contributed by atoms with Crippen molar-refractivity contribution in [1.82, 2.24) is 0 Å². The number of ketones is 1. The second-order valence-electron chi connectivity index (χ2n) is 10.7. The first-order valence-electron chi connectivity index (χ1n) is 12.8. The van der Waals surface area contributed by atoms with Crippen LogP contribution in [-0.2, 0) is 4.79 Å². The van der Waals surface area contributed by atoms with E-state index in [2.05, 4.69) is 145 Å². The quantitative estimate of drug-likeness (QED) is 0.243. The van der Waals surface area contributed by atoms with Crippen LogP contribution < -0.4 is 15.9 Å². The van der Waals surface area contributed by atoms with Crippen molar-refractivity contribution < 1.29 is 9.90 Å². The summed E-state index contributed by atoms with van der Waals surface area (Å²) < 4.78 is 0. The molecular formula is C33H36BrO2P. The van der Waals surface area contributed by atoms with Crippen LogP contribution in [0.5, 0.6) is 0 Å². The topological polar surface area (TPSA) is 37.3 Å². The van der Waals surface area contributed by atoms with Crippen LogP contribution in [0.4, 0.5) is 0 Å². The van der Waals surface area contributed by atoms with Crippen molar-refractivity contribution in [2.45, 2.75) is 40.2 Å². The first-order valence-corrected chi connectivity index (χ1v) is 17.2. The molecule has 1 aliphatic carbocycles. The average molecular weight is 576 g/mol. The molecule has 0 heterocycles. The standard InChI is InChI=1S/C33H36BrO2P/c1-25(20-21-30-26(2)32(36)31(35)24-33(30,3)4)22-23-37(34,27-14-8-5-9-15-27,28-16-10-6-11-17-28)29-18-12-7-13-19-29/h5-22,31,35H,23-24H2,1-4H3/t31-/m1/s1. The van der Waals surface area contributed by atoms with Crippen molar-refractivity contribution >= 4 is 42.5 Å². The third kappa shape index (κ3) is 5.10. The number of aliphatic hydroxyl groups is 1. The molecule has 0 aromatic heterocycles. The van der Waals surface area contributed by atoms with Gasteiger partial charge in [0.2, 0.25) is 0 Å². The molecule has 0 fully saturated rings. The Kier molecular flexibility index (Phi) is 7.91. The number of halogens is 1. The summed E-state index contributed by atoms with van der Waals surface area (Å²) >= 11 is 4.50. The van der Waals surface area contributed by atoms with Gasteiger partial charge >= 0.3 is 230 Å². The Hall–Kier alpha value is -2.58. The fourth-order valence-corrected chi connectivity index (χ4v) is 12.6. The normalized spacial score (nSPS) is 19.6. The molecule has 1 N–H and O–H groups in total. The van der Waals surface area contributed by atoms with Gasteiger partial charge in [0, 0.05) is 0 Å². The van der Waals surface area contributed by atoms with Crippen molar-refractivity contribution in [2.24, 2.45) is 5.41 Å². The fraction of sp³-hybridized carbons (Fsp3) is 0.242. The number of hydrogen-bond acceptors (Lipinski definition) is 2. The molecule has 3 aromatic carbocycles. The molecular weight excluding hydrogens is 539 g/mol. The van der Waals surface area contributed by atoms with E-state index in [9.17, 15) is 9.90 Å². The Bertz CT molecular complexity index is 1260. The van der Waals surface area contributed by atoms with Gasteiger partial charge < -0.3 is 0 Å². The molecule has 0 amide bonds. The maximum atomic E-state index is 12.5. The Morgan fingerprint density at radius 3 is 1.78 bits per heavy atom. The number of hydrogen-bond donors (Lipinski definition) is 1. The molecule has 1 aliphatic rings. The first kappa shape index (κ1) is 27.5. The van der Waals surface area contributed by atoms with Crippen LogP contribution in [0.2, 0.25) is 0 Å². The molecule has 1 atom stereocenters. The van der Waals surface area contributed by atoms with E-state index in [1.165, 1.54) is 15.9 Å². The predicted octanol–water partition coefficient (Wildman–Crippen LogP) is 7.01. The monoisotopic (exact) mass is 574 g/mol. The Morgan fingerprint density at radius 1 is 0.919 bits per heavy atom. The number of benzene rings is 3. The number of rotatable bonds is 7. The number of aliphatic hydroxyl groups excluding tert-OH is 1. The molecule has 0 aliphatic heterocycles. The van der Waals surface area contributed by atoms with Crippen molar-refractivity contribution in [3.05, 3.63) is 126 Å². The minimum absolute atomic E-state index is 0.164. The molecule has 37 heavy (non-hydrogen) atoms. The van der Waals surface area contributed by atoms with E-state index in [1.54, 1.807) is 0 Å². The van der Waals surface area contributed by atoms with Gasteiger partial charge in [-0.1, -0.05) is 0 Å². The summed E-state index contributed by atoms with van der Waals surface area (Å²) in [6.45, 7) is 8.14. The van der Waals surface area contributed by atoms with Crippen LogP contribution in [0.25, 0.3) is 0 Å². The molecule has 0 radical (unpaired) electrons. The van der Waals surface area contributed by atoms with Gasteiger partial charge in [0.25, 0.3) is 0 Å². The van der Waals surface area contributed by atoms with Gasteiger partial charge in [-0.15, -0.1) is 0 Å². The number of Topliss-reactive ketones (excluding diaryl/α,β-unsaturated/α-hetero) is 1. The van der Waals surface area contributed by atoms with Crippen LogP contribution in [0.3, 0.4) is 0 Å².